The third-order valence-corrected chi connectivity index (χ3v) is 5.94. The monoisotopic (exact) mass is 471 g/mol. The van der Waals surface area contributed by atoms with Crippen LogP contribution in [0.3, 0.4) is 0 Å². The van der Waals surface area contributed by atoms with Crippen molar-refractivity contribution >= 4 is 40.2 Å². The molecule has 1 saturated heterocycles. The van der Waals surface area contributed by atoms with E-state index in [4.69, 9.17) is 25.6 Å². The van der Waals surface area contributed by atoms with Crippen LogP contribution in [0.4, 0.5) is 15.8 Å². The maximum absolute atomic E-state index is 15.0. The molecule has 2 aliphatic rings. The Hall–Kier alpha value is -3.56. The summed E-state index contributed by atoms with van der Waals surface area (Å²) >= 11 is 6.47. The smallest absolute Gasteiger partial charge is 0.260 e. The van der Waals surface area contributed by atoms with Crippen molar-refractivity contribution in [2.45, 2.75) is 0 Å². The Labute approximate surface area is 193 Å². The number of anilines is 2. The average molecular weight is 472 g/mol. The number of halogens is 2. The zero-order valence-electron chi connectivity index (χ0n) is 17.5. The predicted molar refractivity (Wildman–Crippen MR) is 121 cm³/mol. The van der Waals surface area contributed by atoms with E-state index >= 15 is 0 Å². The lowest BCUT2D eigenvalue weighted by Gasteiger charge is -2.29. The Balaban J connectivity index is 1.56. The quantitative estimate of drug-likeness (QED) is 0.431. The number of aliphatic hydroxyl groups is 1. The van der Waals surface area contributed by atoms with Crippen LogP contribution in [0.5, 0.6) is 5.88 Å². The number of benzene rings is 2. The van der Waals surface area contributed by atoms with Gasteiger partial charge in [-0.2, -0.15) is 0 Å². The number of amides is 1. The molecule has 10 heteroatoms. The average Bonchev–Trinajstić information content (AvgIpc) is 3.42. The van der Waals surface area contributed by atoms with E-state index in [1.165, 1.54) is 19.2 Å². The summed E-state index contributed by atoms with van der Waals surface area (Å²) in [5.41, 5.74) is 2.37. The lowest BCUT2D eigenvalue weighted by molar-refractivity contribution is -0.110. The molecule has 0 aliphatic carbocycles. The number of aliphatic hydroxyl groups excluding tert-OH is 1. The fourth-order valence-corrected chi connectivity index (χ4v) is 4.24. The number of nitrogens with one attached hydrogen (secondary N) is 1. The van der Waals surface area contributed by atoms with Crippen molar-refractivity contribution in [3.63, 3.8) is 0 Å². The van der Waals surface area contributed by atoms with E-state index in [-0.39, 0.29) is 23.0 Å². The molecule has 2 aliphatic heterocycles. The second-order valence-corrected chi connectivity index (χ2v) is 7.96. The van der Waals surface area contributed by atoms with Crippen molar-refractivity contribution in [3.05, 3.63) is 58.6 Å². The third-order valence-electron chi connectivity index (χ3n) is 5.63. The highest BCUT2D eigenvalue weighted by molar-refractivity contribution is 6.38. The lowest BCUT2D eigenvalue weighted by atomic mass is 9.97. The van der Waals surface area contributed by atoms with Crippen molar-refractivity contribution in [2.24, 2.45) is 0 Å². The first-order chi connectivity index (χ1) is 16.0. The summed E-state index contributed by atoms with van der Waals surface area (Å²) in [6, 6.07) is 9.46. The van der Waals surface area contributed by atoms with Gasteiger partial charge in [-0.05, 0) is 35.0 Å². The predicted octanol–water partition coefficient (Wildman–Crippen LogP) is 4.36. The van der Waals surface area contributed by atoms with Gasteiger partial charge < -0.3 is 29.3 Å². The molecular formula is C23H19ClFN3O5. The minimum atomic E-state index is -0.528. The molecule has 0 bridgehead atoms. The lowest BCUT2D eigenvalue weighted by Crippen LogP contribution is -2.36. The van der Waals surface area contributed by atoms with Gasteiger partial charge in [-0.15, -0.1) is 0 Å². The molecule has 0 radical (unpaired) electrons. The third kappa shape index (κ3) is 3.79. The Morgan fingerprint density at radius 1 is 1.21 bits per heavy atom. The Morgan fingerprint density at radius 2 is 2.00 bits per heavy atom. The number of ether oxygens (including phenoxy) is 2. The van der Waals surface area contributed by atoms with E-state index in [2.05, 4.69) is 10.5 Å². The Bertz CT molecular complexity index is 1280. The maximum atomic E-state index is 15.0. The molecule has 1 amide bonds. The number of hydrogen-bond donors (Lipinski definition) is 2. The van der Waals surface area contributed by atoms with E-state index in [1.54, 1.807) is 24.3 Å². The number of rotatable bonds is 4. The van der Waals surface area contributed by atoms with E-state index in [0.717, 1.165) is 0 Å². The van der Waals surface area contributed by atoms with Gasteiger partial charge in [-0.25, -0.2) is 4.39 Å². The first-order valence-corrected chi connectivity index (χ1v) is 10.6. The fourth-order valence-electron chi connectivity index (χ4n) is 3.97. The van der Waals surface area contributed by atoms with Gasteiger partial charge in [0.05, 0.1) is 48.4 Å². The molecular weight excluding hydrogens is 453 g/mol. The molecule has 3 heterocycles. The minimum absolute atomic E-state index is 0.00729. The van der Waals surface area contributed by atoms with Gasteiger partial charge >= 0.3 is 0 Å². The summed E-state index contributed by atoms with van der Waals surface area (Å²) in [4.78, 5) is 14.5. The topological polar surface area (TPSA) is 97.1 Å². The molecule has 1 aromatic heterocycles. The molecule has 0 saturated carbocycles. The van der Waals surface area contributed by atoms with Crippen LogP contribution in [0.15, 0.2) is 40.9 Å². The van der Waals surface area contributed by atoms with Crippen LogP contribution in [0, 0.1) is 5.82 Å². The van der Waals surface area contributed by atoms with Gasteiger partial charge in [-0.3, -0.25) is 4.79 Å². The van der Waals surface area contributed by atoms with Crippen LogP contribution in [0.2, 0.25) is 5.02 Å². The molecule has 8 nitrogen and oxygen atoms in total. The van der Waals surface area contributed by atoms with Crippen LogP contribution in [0.25, 0.3) is 22.5 Å². The molecule has 2 N–H and O–H groups in total. The largest absolute Gasteiger partial charge is 0.504 e. The van der Waals surface area contributed by atoms with Crippen molar-refractivity contribution in [1.29, 1.82) is 0 Å². The standard InChI is InChI=1S/C23H19ClFN3O5/c1-31-20-11-19(33-27-20)22(29)21-14-9-13(15(24)10-17(14)26-23(21)30)12-2-3-18(16(25)8-12)28-4-6-32-7-5-28/h2-3,8-11,29H,4-7H2,1H3,(H,26,30)/b22-21+. The fraction of sp³-hybridized carbons (Fsp3) is 0.217. The van der Waals surface area contributed by atoms with E-state index in [0.29, 0.717) is 59.4 Å². The minimum Gasteiger partial charge on any atom is -0.504 e. The van der Waals surface area contributed by atoms with Gasteiger partial charge in [-0.1, -0.05) is 17.7 Å². The number of methoxy groups -OCH3 is 1. The number of morpholine rings is 1. The molecule has 33 heavy (non-hydrogen) atoms. The zero-order chi connectivity index (χ0) is 23.1. The first-order valence-electron chi connectivity index (χ1n) is 10.2. The molecule has 2 aromatic carbocycles. The molecule has 170 valence electrons. The molecule has 0 unspecified atom stereocenters. The van der Waals surface area contributed by atoms with Crippen LogP contribution >= 0.6 is 11.6 Å². The number of carbonyl (C=O) groups excluding carboxylic acids is 1. The maximum Gasteiger partial charge on any atom is 0.260 e. The highest BCUT2D eigenvalue weighted by atomic mass is 35.5. The number of carbonyl (C=O) groups is 1. The second-order valence-electron chi connectivity index (χ2n) is 7.55. The van der Waals surface area contributed by atoms with Crippen LogP contribution < -0.4 is 15.0 Å². The Morgan fingerprint density at radius 3 is 2.70 bits per heavy atom. The van der Waals surface area contributed by atoms with Gasteiger partial charge in [0.15, 0.2) is 5.76 Å². The van der Waals surface area contributed by atoms with Crippen LogP contribution in [0.1, 0.15) is 11.3 Å². The van der Waals surface area contributed by atoms with Gasteiger partial charge in [0.2, 0.25) is 5.76 Å². The van der Waals surface area contributed by atoms with Gasteiger partial charge in [0.25, 0.3) is 11.8 Å². The summed E-state index contributed by atoms with van der Waals surface area (Å²) < 4.78 is 30.3. The van der Waals surface area contributed by atoms with Crippen molar-refractivity contribution in [3.8, 4) is 17.0 Å². The molecule has 3 aromatic rings. The second kappa shape index (κ2) is 8.42. The summed E-state index contributed by atoms with van der Waals surface area (Å²) in [7, 11) is 1.40. The summed E-state index contributed by atoms with van der Waals surface area (Å²) in [5.74, 6) is -1.18. The molecule has 0 atom stereocenters. The van der Waals surface area contributed by atoms with Crippen LogP contribution in [-0.4, -0.2) is 49.6 Å². The van der Waals surface area contributed by atoms with Gasteiger partial charge in [0, 0.05) is 24.2 Å². The molecule has 5 rings (SSSR count). The van der Waals surface area contributed by atoms with E-state index < -0.39 is 11.7 Å². The SMILES string of the molecule is COc1cc(/C(O)=C2\C(=O)Nc3cc(Cl)c(-c4ccc(N5CCOCC5)c(F)c4)cc32)on1. The number of hydrogen-bond acceptors (Lipinski definition) is 7. The highest BCUT2D eigenvalue weighted by Crippen LogP contribution is 2.42. The normalized spacial score (nSPS) is 17.1. The number of aromatic nitrogens is 1. The molecule has 1 fully saturated rings. The highest BCUT2D eigenvalue weighted by Gasteiger charge is 2.31. The summed E-state index contributed by atoms with van der Waals surface area (Å²) in [6.45, 7) is 2.33. The summed E-state index contributed by atoms with van der Waals surface area (Å²) in [5, 5.41) is 17.4. The van der Waals surface area contributed by atoms with E-state index in [9.17, 15) is 14.3 Å². The number of nitrogens with zero attached hydrogens (tertiary/aromatic N) is 2. The summed E-state index contributed by atoms with van der Waals surface area (Å²) in [6.07, 6.45) is 0. The van der Waals surface area contributed by atoms with Crippen molar-refractivity contribution in [1.82, 2.24) is 5.16 Å². The molecule has 0 spiro atoms. The van der Waals surface area contributed by atoms with Crippen LogP contribution in [-0.2, 0) is 9.53 Å². The van der Waals surface area contributed by atoms with Crippen molar-refractivity contribution < 1.29 is 28.3 Å². The van der Waals surface area contributed by atoms with E-state index in [1.807, 2.05) is 4.90 Å². The number of fused-ring (bicyclic) bond motifs is 1. The Kier molecular flexibility index (Phi) is 5.43. The van der Waals surface area contributed by atoms with Gasteiger partial charge in [0.1, 0.15) is 5.82 Å². The zero-order valence-corrected chi connectivity index (χ0v) is 18.3. The first kappa shape index (κ1) is 21.3. The van der Waals surface area contributed by atoms with Crippen molar-refractivity contribution in [2.75, 3.05) is 43.6 Å².